The molecular formula is C11H12N4O2. The smallest absolute Gasteiger partial charge is 0.309 e. The molecule has 6 nitrogen and oxygen atoms in total. The lowest BCUT2D eigenvalue weighted by Crippen LogP contribution is -2.02. The fourth-order valence-electron chi connectivity index (χ4n) is 1.44. The summed E-state index contributed by atoms with van der Waals surface area (Å²) < 4.78 is 1.56. The standard InChI is InChI=1S/C11H12N4O2/c1-2-5-12-9-3-4-10-13-8(6-11(16)17)7-15(10)14-9/h2-4,7H,1,5-6H2,(H,12,14)(H,16,17). The Morgan fingerprint density at radius 3 is 3.12 bits per heavy atom. The molecule has 0 saturated heterocycles. The lowest BCUT2D eigenvalue weighted by molar-refractivity contribution is -0.136. The number of hydrogen-bond donors (Lipinski definition) is 2. The molecule has 0 unspecified atom stereocenters. The van der Waals surface area contributed by atoms with Gasteiger partial charge in [0.15, 0.2) is 5.65 Å². The van der Waals surface area contributed by atoms with Crippen LogP contribution in [0.2, 0.25) is 0 Å². The number of anilines is 1. The average molecular weight is 232 g/mol. The molecule has 6 heteroatoms. The van der Waals surface area contributed by atoms with Crippen molar-refractivity contribution in [2.45, 2.75) is 6.42 Å². The minimum atomic E-state index is -0.904. The largest absolute Gasteiger partial charge is 0.481 e. The van der Waals surface area contributed by atoms with Crippen LogP contribution in [0.4, 0.5) is 5.82 Å². The zero-order valence-corrected chi connectivity index (χ0v) is 9.13. The van der Waals surface area contributed by atoms with Crippen molar-refractivity contribution >= 4 is 17.4 Å². The van der Waals surface area contributed by atoms with Gasteiger partial charge in [-0.05, 0) is 12.1 Å². The summed E-state index contributed by atoms with van der Waals surface area (Å²) in [5.74, 6) is -0.213. The number of carboxylic acids is 1. The molecule has 2 aromatic heterocycles. The van der Waals surface area contributed by atoms with Crippen molar-refractivity contribution in [1.29, 1.82) is 0 Å². The van der Waals surface area contributed by atoms with Gasteiger partial charge in [-0.3, -0.25) is 4.79 Å². The number of aliphatic carboxylic acids is 1. The van der Waals surface area contributed by atoms with Crippen LogP contribution in [0.25, 0.3) is 5.65 Å². The number of rotatable bonds is 5. The normalized spacial score (nSPS) is 10.4. The summed E-state index contributed by atoms with van der Waals surface area (Å²) in [6, 6.07) is 3.57. The summed E-state index contributed by atoms with van der Waals surface area (Å²) in [6.45, 7) is 4.22. The van der Waals surface area contributed by atoms with E-state index in [1.165, 1.54) is 0 Å². The first-order chi connectivity index (χ1) is 8.19. The average Bonchev–Trinajstić information content (AvgIpc) is 2.66. The first kappa shape index (κ1) is 11.1. The quantitative estimate of drug-likeness (QED) is 0.750. The van der Waals surface area contributed by atoms with Gasteiger partial charge in [-0.15, -0.1) is 11.7 Å². The van der Waals surface area contributed by atoms with Gasteiger partial charge in [-0.25, -0.2) is 9.50 Å². The maximum Gasteiger partial charge on any atom is 0.309 e. The number of nitrogens with one attached hydrogen (secondary N) is 1. The zero-order valence-electron chi connectivity index (χ0n) is 9.13. The van der Waals surface area contributed by atoms with E-state index in [2.05, 4.69) is 22.0 Å². The summed E-state index contributed by atoms with van der Waals surface area (Å²) >= 11 is 0. The number of hydrogen-bond acceptors (Lipinski definition) is 4. The molecule has 0 bridgehead atoms. The molecule has 0 aliphatic heterocycles. The van der Waals surface area contributed by atoms with Crippen LogP contribution in [0.3, 0.4) is 0 Å². The fraction of sp³-hybridized carbons (Fsp3) is 0.182. The predicted octanol–water partition coefficient (Wildman–Crippen LogP) is 0.954. The Hall–Kier alpha value is -2.37. The summed E-state index contributed by atoms with van der Waals surface area (Å²) in [5.41, 5.74) is 1.12. The van der Waals surface area contributed by atoms with E-state index >= 15 is 0 Å². The maximum absolute atomic E-state index is 10.6. The SMILES string of the molecule is C=CCNc1ccc2nc(CC(=O)O)cn2n1. The third-order valence-corrected chi connectivity index (χ3v) is 2.13. The van der Waals surface area contributed by atoms with E-state index in [0.29, 0.717) is 23.7 Å². The molecule has 0 saturated carbocycles. The minimum Gasteiger partial charge on any atom is -0.481 e. The van der Waals surface area contributed by atoms with E-state index in [1.807, 2.05) is 0 Å². The van der Waals surface area contributed by atoms with E-state index < -0.39 is 5.97 Å². The molecule has 0 atom stereocenters. The van der Waals surface area contributed by atoms with Crippen molar-refractivity contribution in [2.24, 2.45) is 0 Å². The summed E-state index contributed by atoms with van der Waals surface area (Å²) in [4.78, 5) is 14.7. The molecule has 0 spiro atoms. The summed E-state index contributed by atoms with van der Waals surface area (Å²) in [7, 11) is 0. The summed E-state index contributed by atoms with van der Waals surface area (Å²) in [6.07, 6.45) is 3.25. The number of carboxylic acid groups (broad SMARTS) is 1. The van der Waals surface area contributed by atoms with Gasteiger partial charge in [-0.1, -0.05) is 6.08 Å². The van der Waals surface area contributed by atoms with Crippen molar-refractivity contribution in [3.63, 3.8) is 0 Å². The van der Waals surface area contributed by atoms with Gasteiger partial charge in [0.05, 0.1) is 18.3 Å². The Bertz CT molecular complexity index is 562. The van der Waals surface area contributed by atoms with Gasteiger partial charge >= 0.3 is 5.97 Å². The van der Waals surface area contributed by atoms with E-state index in [0.717, 1.165) is 0 Å². The lowest BCUT2D eigenvalue weighted by atomic mass is 10.3. The van der Waals surface area contributed by atoms with Crippen LogP contribution in [0.5, 0.6) is 0 Å². The van der Waals surface area contributed by atoms with Gasteiger partial charge in [0, 0.05) is 6.54 Å². The van der Waals surface area contributed by atoms with Gasteiger partial charge in [0.25, 0.3) is 0 Å². The lowest BCUT2D eigenvalue weighted by Gasteiger charge is -2.01. The molecule has 0 aromatic carbocycles. The van der Waals surface area contributed by atoms with E-state index in [4.69, 9.17) is 5.11 Å². The van der Waals surface area contributed by atoms with Crippen LogP contribution in [-0.4, -0.2) is 32.2 Å². The van der Waals surface area contributed by atoms with Crippen molar-refractivity contribution in [3.8, 4) is 0 Å². The number of nitrogens with zero attached hydrogens (tertiary/aromatic N) is 3. The molecule has 0 aliphatic rings. The Kier molecular flexibility index (Phi) is 3.04. The van der Waals surface area contributed by atoms with Crippen molar-refractivity contribution in [2.75, 3.05) is 11.9 Å². The monoisotopic (exact) mass is 232 g/mol. The topological polar surface area (TPSA) is 79.5 Å². The highest BCUT2D eigenvalue weighted by Crippen LogP contribution is 2.08. The highest BCUT2D eigenvalue weighted by atomic mass is 16.4. The maximum atomic E-state index is 10.6. The molecule has 17 heavy (non-hydrogen) atoms. The highest BCUT2D eigenvalue weighted by molar-refractivity contribution is 5.69. The van der Waals surface area contributed by atoms with Crippen molar-refractivity contribution < 1.29 is 9.90 Å². The van der Waals surface area contributed by atoms with E-state index in [1.54, 1.807) is 28.9 Å². The Morgan fingerprint density at radius 2 is 2.41 bits per heavy atom. The van der Waals surface area contributed by atoms with E-state index in [-0.39, 0.29) is 6.42 Å². The molecule has 2 heterocycles. The molecular weight excluding hydrogens is 220 g/mol. The molecule has 2 aromatic rings. The molecule has 2 rings (SSSR count). The summed E-state index contributed by atoms with van der Waals surface area (Å²) in [5, 5.41) is 16.0. The third-order valence-electron chi connectivity index (χ3n) is 2.13. The molecule has 2 N–H and O–H groups in total. The van der Waals surface area contributed by atoms with Crippen LogP contribution < -0.4 is 5.32 Å². The number of fused-ring (bicyclic) bond motifs is 1. The number of imidazole rings is 1. The van der Waals surface area contributed by atoms with Crippen LogP contribution >= 0.6 is 0 Å². The van der Waals surface area contributed by atoms with Crippen LogP contribution in [0.15, 0.2) is 31.0 Å². The van der Waals surface area contributed by atoms with Gasteiger partial charge in [0.1, 0.15) is 5.82 Å². The Labute approximate surface area is 97.6 Å². The Balaban J connectivity index is 2.27. The predicted molar refractivity (Wildman–Crippen MR) is 63.0 cm³/mol. The van der Waals surface area contributed by atoms with Crippen LogP contribution in [-0.2, 0) is 11.2 Å². The second kappa shape index (κ2) is 4.65. The van der Waals surface area contributed by atoms with Gasteiger partial charge in [-0.2, -0.15) is 0 Å². The van der Waals surface area contributed by atoms with Crippen LogP contribution in [0, 0.1) is 0 Å². The molecule has 88 valence electrons. The number of carbonyl (C=O) groups is 1. The highest BCUT2D eigenvalue weighted by Gasteiger charge is 2.06. The molecule has 0 aliphatic carbocycles. The van der Waals surface area contributed by atoms with Crippen LogP contribution in [0.1, 0.15) is 5.69 Å². The molecule has 0 fully saturated rings. The minimum absolute atomic E-state index is 0.0984. The molecule has 0 radical (unpaired) electrons. The number of aromatic nitrogens is 3. The van der Waals surface area contributed by atoms with Gasteiger partial charge in [0.2, 0.25) is 0 Å². The first-order valence-corrected chi connectivity index (χ1v) is 5.11. The second-order valence-electron chi connectivity index (χ2n) is 3.49. The van der Waals surface area contributed by atoms with Crippen molar-refractivity contribution in [1.82, 2.24) is 14.6 Å². The Morgan fingerprint density at radius 1 is 1.59 bits per heavy atom. The zero-order chi connectivity index (χ0) is 12.3. The van der Waals surface area contributed by atoms with Crippen molar-refractivity contribution in [3.05, 3.63) is 36.7 Å². The third kappa shape index (κ3) is 2.60. The van der Waals surface area contributed by atoms with E-state index in [9.17, 15) is 4.79 Å². The second-order valence-corrected chi connectivity index (χ2v) is 3.49. The fourth-order valence-corrected chi connectivity index (χ4v) is 1.44. The molecule has 0 amide bonds. The first-order valence-electron chi connectivity index (χ1n) is 5.11. The van der Waals surface area contributed by atoms with Gasteiger partial charge < -0.3 is 10.4 Å².